The number of aliphatic carboxylic acids is 2. The van der Waals surface area contributed by atoms with Gasteiger partial charge in [0.25, 0.3) is 0 Å². The van der Waals surface area contributed by atoms with E-state index in [2.05, 4.69) is 22.3 Å². The minimum absolute atomic E-state index is 0.141. The van der Waals surface area contributed by atoms with Crippen LogP contribution in [0.5, 0.6) is 11.5 Å². The van der Waals surface area contributed by atoms with Crippen molar-refractivity contribution in [2.24, 2.45) is 5.92 Å². The maximum Gasteiger partial charge on any atom is 0.414 e. The number of carbonyl (C=O) groups excluding carboxylic acids is 1. The van der Waals surface area contributed by atoms with Gasteiger partial charge in [0, 0.05) is 18.0 Å². The number of rotatable bonds is 3. The van der Waals surface area contributed by atoms with E-state index in [0.29, 0.717) is 6.79 Å². The first kappa shape index (κ1) is 22.5. The number of amides is 1. The van der Waals surface area contributed by atoms with Crippen LogP contribution < -0.4 is 14.8 Å². The van der Waals surface area contributed by atoms with Crippen molar-refractivity contribution in [2.45, 2.75) is 45.7 Å². The number of ether oxygens (including phenoxy) is 2. The van der Waals surface area contributed by atoms with Crippen LogP contribution in [0.4, 0.5) is 0 Å². The molecule has 0 radical (unpaired) electrons. The normalized spacial score (nSPS) is 16.5. The molecule has 9 heteroatoms. The van der Waals surface area contributed by atoms with Crippen LogP contribution in [0.3, 0.4) is 0 Å². The lowest BCUT2D eigenvalue weighted by molar-refractivity contribution is -0.159. The van der Waals surface area contributed by atoms with Crippen LogP contribution >= 0.6 is 0 Å². The third-order valence-corrected chi connectivity index (χ3v) is 4.48. The molecule has 2 aliphatic rings. The van der Waals surface area contributed by atoms with Gasteiger partial charge < -0.3 is 25.0 Å². The number of carboxylic acids is 2. The van der Waals surface area contributed by atoms with E-state index in [0.717, 1.165) is 44.0 Å². The van der Waals surface area contributed by atoms with E-state index in [1.54, 1.807) is 0 Å². The molecule has 160 valence electrons. The molecule has 0 bridgehead atoms. The smallest absolute Gasteiger partial charge is 0.414 e. The van der Waals surface area contributed by atoms with Crippen LogP contribution in [0.25, 0.3) is 0 Å². The topological polar surface area (TPSA) is 125 Å². The summed E-state index contributed by atoms with van der Waals surface area (Å²) in [6, 6.07) is 6.12. The van der Waals surface area contributed by atoms with E-state index in [-0.39, 0.29) is 17.4 Å². The van der Waals surface area contributed by atoms with Gasteiger partial charge in [-0.2, -0.15) is 0 Å². The maximum atomic E-state index is 12.2. The quantitative estimate of drug-likeness (QED) is 0.646. The lowest BCUT2D eigenvalue weighted by atomic mass is 9.94. The van der Waals surface area contributed by atoms with Gasteiger partial charge in [-0.1, -0.05) is 6.07 Å². The molecule has 2 heterocycles. The number of nitrogens with zero attached hydrogens (tertiary/aromatic N) is 1. The highest BCUT2D eigenvalue weighted by atomic mass is 16.7. The van der Waals surface area contributed by atoms with Crippen LogP contribution in [0.2, 0.25) is 0 Å². The second kappa shape index (κ2) is 9.60. The van der Waals surface area contributed by atoms with Crippen molar-refractivity contribution < 1.29 is 34.1 Å². The average Bonchev–Trinajstić information content (AvgIpc) is 3.09. The largest absolute Gasteiger partial charge is 0.473 e. The zero-order valence-corrected chi connectivity index (χ0v) is 16.9. The third-order valence-electron chi connectivity index (χ3n) is 4.48. The van der Waals surface area contributed by atoms with Gasteiger partial charge in [-0.3, -0.25) is 9.69 Å². The second-order valence-corrected chi connectivity index (χ2v) is 8.09. The molecule has 1 fully saturated rings. The number of nitrogens with one attached hydrogen (secondary N) is 1. The molecular formula is C20H28N2O7. The van der Waals surface area contributed by atoms with Crippen molar-refractivity contribution in [1.82, 2.24) is 10.2 Å². The zero-order chi connectivity index (χ0) is 21.6. The van der Waals surface area contributed by atoms with Crippen LogP contribution in [0.15, 0.2) is 18.2 Å². The van der Waals surface area contributed by atoms with Crippen molar-refractivity contribution in [3.8, 4) is 11.5 Å². The molecule has 3 N–H and O–H groups in total. The Kier molecular flexibility index (Phi) is 7.44. The van der Waals surface area contributed by atoms with Gasteiger partial charge >= 0.3 is 11.9 Å². The molecule has 9 nitrogen and oxygen atoms in total. The molecule has 0 spiro atoms. The Morgan fingerprint density at radius 1 is 1.07 bits per heavy atom. The molecule has 3 rings (SSSR count). The molecular weight excluding hydrogens is 380 g/mol. The Morgan fingerprint density at radius 2 is 1.66 bits per heavy atom. The number of benzene rings is 1. The number of hydrogen-bond donors (Lipinski definition) is 3. The van der Waals surface area contributed by atoms with E-state index in [9.17, 15) is 4.79 Å². The Bertz CT molecular complexity index is 738. The van der Waals surface area contributed by atoms with Crippen LogP contribution in [-0.2, 0) is 20.9 Å². The molecule has 29 heavy (non-hydrogen) atoms. The standard InChI is InChI=1S/C18H26N2O3.C2H2O4/c1-18(2,3)19-17(21)14-6-8-20(9-7-14)11-13-4-5-15-16(10-13)23-12-22-15;3-1(4)2(5)6/h4-5,10,14H,6-9,11-12H2,1-3H3,(H,19,21);(H,3,4)(H,5,6). The van der Waals surface area contributed by atoms with Gasteiger partial charge in [0.05, 0.1) is 0 Å². The summed E-state index contributed by atoms with van der Waals surface area (Å²) >= 11 is 0. The summed E-state index contributed by atoms with van der Waals surface area (Å²) in [6.45, 7) is 9.20. The Hall–Kier alpha value is -2.81. The van der Waals surface area contributed by atoms with Crippen molar-refractivity contribution in [2.75, 3.05) is 19.9 Å². The van der Waals surface area contributed by atoms with E-state index < -0.39 is 11.9 Å². The molecule has 1 amide bonds. The van der Waals surface area contributed by atoms with Gasteiger partial charge in [0.15, 0.2) is 11.5 Å². The first-order chi connectivity index (χ1) is 13.5. The Balaban J connectivity index is 0.000000438. The molecule has 0 atom stereocenters. The monoisotopic (exact) mass is 408 g/mol. The Morgan fingerprint density at radius 3 is 2.21 bits per heavy atom. The van der Waals surface area contributed by atoms with E-state index in [4.69, 9.17) is 29.3 Å². The highest BCUT2D eigenvalue weighted by molar-refractivity contribution is 6.27. The Labute approximate surface area is 169 Å². The summed E-state index contributed by atoms with van der Waals surface area (Å²) in [4.78, 5) is 32.8. The van der Waals surface area contributed by atoms with E-state index in [1.807, 2.05) is 26.8 Å². The lowest BCUT2D eigenvalue weighted by Crippen LogP contribution is -2.46. The van der Waals surface area contributed by atoms with Crippen molar-refractivity contribution in [3.63, 3.8) is 0 Å². The first-order valence-corrected chi connectivity index (χ1v) is 9.44. The van der Waals surface area contributed by atoms with Gasteiger partial charge in [-0.15, -0.1) is 0 Å². The van der Waals surface area contributed by atoms with Crippen LogP contribution in [0, 0.1) is 5.92 Å². The fourth-order valence-corrected chi connectivity index (χ4v) is 3.12. The molecule has 1 saturated heterocycles. The molecule has 0 unspecified atom stereocenters. The van der Waals surface area contributed by atoms with Gasteiger partial charge in [0.1, 0.15) is 0 Å². The summed E-state index contributed by atoms with van der Waals surface area (Å²) in [5.41, 5.74) is 1.08. The number of fused-ring (bicyclic) bond motifs is 1. The number of carboxylic acid groups (broad SMARTS) is 2. The number of carbonyl (C=O) groups is 3. The van der Waals surface area contributed by atoms with Crippen molar-refractivity contribution in [3.05, 3.63) is 23.8 Å². The third kappa shape index (κ3) is 7.26. The predicted molar refractivity (Wildman–Crippen MR) is 104 cm³/mol. The molecule has 1 aromatic rings. The van der Waals surface area contributed by atoms with E-state index >= 15 is 0 Å². The zero-order valence-electron chi connectivity index (χ0n) is 16.9. The summed E-state index contributed by atoms with van der Waals surface area (Å²) in [5, 5.41) is 17.9. The number of likely N-dealkylation sites (tertiary alicyclic amines) is 1. The van der Waals surface area contributed by atoms with Crippen molar-refractivity contribution >= 4 is 17.8 Å². The minimum Gasteiger partial charge on any atom is -0.473 e. The highest BCUT2D eigenvalue weighted by Crippen LogP contribution is 2.33. The first-order valence-electron chi connectivity index (χ1n) is 9.44. The van der Waals surface area contributed by atoms with Crippen molar-refractivity contribution in [1.29, 1.82) is 0 Å². The molecule has 0 saturated carbocycles. The molecule has 0 aromatic heterocycles. The molecule has 0 aliphatic carbocycles. The van der Waals surface area contributed by atoms with Gasteiger partial charge in [0.2, 0.25) is 12.7 Å². The molecule has 1 aromatic carbocycles. The number of hydrogen-bond acceptors (Lipinski definition) is 6. The summed E-state index contributed by atoms with van der Waals surface area (Å²) in [5.74, 6) is -1.65. The fraction of sp³-hybridized carbons (Fsp3) is 0.550. The maximum absolute atomic E-state index is 12.2. The predicted octanol–water partition coefficient (Wildman–Crippen LogP) is 1.70. The second-order valence-electron chi connectivity index (χ2n) is 8.09. The summed E-state index contributed by atoms with van der Waals surface area (Å²) in [6.07, 6.45) is 1.85. The van der Waals surface area contributed by atoms with E-state index in [1.165, 1.54) is 5.56 Å². The number of piperidine rings is 1. The van der Waals surface area contributed by atoms with Gasteiger partial charge in [-0.05, 0) is 64.4 Å². The molecule has 2 aliphatic heterocycles. The SMILES string of the molecule is CC(C)(C)NC(=O)C1CCN(Cc2ccc3c(c2)OCO3)CC1.O=C(O)C(=O)O. The fourth-order valence-electron chi connectivity index (χ4n) is 3.12. The minimum atomic E-state index is -1.82. The van der Waals surface area contributed by atoms with Crippen LogP contribution in [0.1, 0.15) is 39.2 Å². The average molecular weight is 408 g/mol. The lowest BCUT2D eigenvalue weighted by Gasteiger charge is -2.33. The summed E-state index contributed by atoms with van der Waals surface area (Å²) in [7, 11) is 0. The summed E-state index contributed by atoms with van der Waals surface area (Å²) < 4.78 is 10.8. The highest BCUT2D eigenvalue weighted by Gasteiger charge is 2.27. The van der Waals surface area contributed by atoms with Gasteiger partial charge in [-0.25, -0.2) is 9.59 Å². The van der Waals surface area contributed by atoms with Crippen LogP contribution in [-0.4, -0.2) is 58.4 Å².